The molecule has 7 heteroatoms. The molecule has 0 saturated heterocycles. The lowest BCUT2D eigenvalue weighted by Gasteiger charge is -2.20. The molecular weight excluding hydrogens is 402 g/mol. The van der Waals surface area contributed by atoms with Crippen LogP contribution in [-0.2, 0) is 9.78 Å². The lowest BCUT2D eigenvalue weighted by atomic mass is 10.0. The molecule has 22 heavy (non-hydrogen) atoms. The van der Waals surface area contributed by atoms with Crippen LogP contribution < -0.4 is 11.1 Å². The van der Waals surface area contributed by atoms with Crippen molar-refractivity contribution in [3.8, 4) is 0 Å². The normalized spacial score (nSPS) is 14.6. The SMILES string of the molecule is NCCC(CC1=COOC=C1)NC(=O)c1c(F)cccc1I. The number of hydrogen-bond donors (Lipinski definition) is 2. The summed E-state index contributed by atoms with van der Waals surface area (Å²) < 4.78 is 14.4. The summed E-state index contributed by atoms with van der Waals surface area (Å²) in [7, 11) is 0. The number of rotatable bonds is 6. The first kappa shape index (κ1) is 16.8. The molecule has 0 spiro atoms. The number of carbonyl (C=O) groups is 1. The Kier molecular flexibility index (Phi) is 6.20. The van der Waals surface area contributed by atoms with E-state index in [4.69, 9.17) is 10.6 Å². The number of nitrogens with two attached hydrogens (primary N) is 1. The van der Waals surface area contributed by atoms with Gasteiger partial charge in [-0.3, -0.25) is 14.6 Å². The second-order valence-corrected chi connectivity index (χ2v) is 5.90. The van der Waals surface area contributed by atoms with Gasteiger partial charge in [-0.1, -0.05) is 6.07 Å². The Morgan fingerprint density at radius 2 is 2.23 bits per heavy atom. The van der Waals surface area contributed by atoms with Crippen LogP contribution in [0.4, 0.5) is 4.39 Å². The van der Waals surface area contributed by atoms with Gasteiger partial charge < -0.3 is 11.1 Å². The lowest BCUT2D eigenvalue weighted by molar-refractivity contribution is -0.199. The van der Waals surface area contributed by atoms with Crippen molar-refractivity contribution in [2.24, 2.45) is 5.73 Å². The maximum Gasteiger partial charge on any atom is 0.255 e. The highest BCUT2D eigenvalue weighted by molar-refractivity contribution is 14.1. The van der Waals surface area contributed by atoms with Gasteiger partial charge >= 0.3 is 0 Å². The minimum absolute atomic E-state index is 0.0536. The molecule has 1 aliphatic rings. The van der Waals surface area contributed by atoms with Gasteiger partial charge in [0.1, 0.15) is 18.3 Å². The van der Waals surface area contributed by atoms with Crippen molar-refractivity contribution in [2.75, 3.05) is 6.54 Å². The van der Waals surface area contributed by atoms with Gasteiger partial charge in [-0.2, -0.15) is 0 Å². The highest BCUT2D eigenvalue weighted by atomic mass is 127. The molecule has 0 fully saturated rings. The fourth-order valence-corrected chi connectivity index (χ4v) is 2.79. The maximum atomic E-state index is 13.8. The third-order valence-electron chi connectivity index (χ3n) is 3.11. The van der Waals surface area contributed by atoms with Gasteiger partial charge in [0, 0.05) is 9.61 Å². The van der Waals surface area contributed by atoms with Crippen LogP contribution in [0.1, 0.15) is 23.2 Å². The number of hydrogen-bond acceptors (Lipinski definition) is 4. The van der Waals surface area contributed by atoms with Crippen molar-refractivity contribution < 1.29 is 19.0 Å². The molecule has 0 bridgehead atoms. The molecule has 1 unspecified atom stereocenters. The molecule has 0 aromatic heterocycles. The summed E-state index contributed by atoms with van der Waals surface area (Å²) in [5.41, 5.74) is 6.50. The second kappa shape index (κ2) is 8.14. The van der Waals surface area contributed by atoms with Crippen LogP contribution in [0, 0.1) is 9.39 Å². The average molecular weight is 418 g/mol. The van der Waals surface area contributed by atoms with Crippen LogP contribution in [0.2, 0.25) is 0 Å². The Morgan fingerprint density at radius 3 is 2.86 bits per heavy atom. The topological polar surface area (TPSA) is 73.6 Å². The predicted octanol–water partition coefficient (Wildman–Crippen LogP) is 2.63. The molecule has 118 valence electrons. The molecule has 5 nitrogen and oxygen atoms in total. The number of nitrogens with one attached hydrogen (secondary N) is 1. The van der Waals surface area contributed by atoms with Gasteiger partial charge in [0.25, 0.3) is 5.91 Å². The fraction of sp³-hybridized carbons (Fsp3) is 0.267. The molecule has 2 rings (SSSR count). The minimum atomic E-state index is -0.538. The number of carbonyl (C=O) groups excluding carboxylic acids is 1. The average Bonchev–Trinajstić information content (AvgIpc) is 2.48. The van der Waals surface area contributed by atoms with Gasteiger partial charge in [-0.25, -0.2) is 4.39 Å². The summed E-state index contributed by atoms with van der Waals surface area (Å²) in [4.78, 5) is 21.7. The third kappa shape index (κ3) is 4.44. The monoisotopic (exact) mass is 418 g/mol. The third-order valence-corrected chi connectivity index (χ3v) is 4.01. The molecular formula is C15H16FIN2O3. The summed E-state index contributed by atoms with van der Waals surface area (Å²) in [6.45, 7) is 0.410. The van der Waals surface area contributed by atoms with E-state index in [1.807, 2.05) is 22.6 Å². The molecule has 0 radical (unpaired) electrons. The van der Waals surface area contributed by atoms with Crippen LogP contribution in [0.5, 0.6) is 0 Å². The van der Waals surface area contributed by atoms with Crippen molar-refractivity contribution in [3.05, 3.63) is 57.3 Å². The van der Waals surface area contributed by atoms with Crippen LogP contribution in [0.15, 0.2) is 42.4 Å². The van der Waals surface area contributed by atoms with E-state index < -0.39 is 11.7 Å². The molecule has 0 aliphatic carbocycles. The van der Waals surface area contributed by atoms with Crippen LogP contribution in [-0.4, -0.2) is 18.5 Å². The summed E-state index contributed by atoms with van der Waals surface area (Å²) >= 11 is 1.94. The predicted molar refractivity (Wildman–Crippen MR) is 88.1 cm³/mol. The second-order valence-electron chi connectivity index (χ2n) is 4.74. The van der Waals surface area contributed by atoms with Crippen LogP contribution in [0.3, 0.4) is 0 Å². The Balaban J connectivity index is 2.08. The lowest BCUT2D eigenvalue weighted by Crippen LogP contribution is -2.37. The number of amides is 1. The highest BCUT2D eigenvalue weighted by Crippen LogP contribution is 2.18. The van der Waals surface area contributed by atoms with Gasteiger partial charge in [0.05, 0.1) is 5.56 Å². The van der Waals surface area contributed by atoms with Crippen molar-refractivity contribution >= 4 is 28.5 Å². The van der Waals surface area contributed by atoms with E-state index in [0.717, 1.165) is 5.57 Å². The molecule has 1 atom stereocenters. The molecule has 1 amide bonds. The highest BCUT2D eigenvalue weighted by Gasteiger charge is 2.20. The van der Waals surface area contributed by atoms with E-state index in [1.165, 1.54) is 18.6 Å². The van der Waals surface area contributed by atoms with Crippen LogP contribution in [0.25, 0.3) is 0 Å². The van der Waals surface area contributed by atoms with E-state index in [9.17, 15) is 9.18 Å². The summed E-state index contributed by atoms with van der Waals surface area (Å²) in [6.07, 6.45) is 5.71. The molecule has 1 aromatic rings. The van der Waals surface area contributed by atoms with Crippen molar-refractivity contribution in [3.63, 3.8) is 0 Å². The van der Waals surface area contributed by atoms with Gasteiger partial charge in [-0.15, -0.1) is 0 Å². The van der Waals surface area contributed by atoms with E-state index in [-0.39, 0.29) is 11.6 Å². The van der Waals surface area contributed by atoms with Gasteiger partial charge in [0.2, 0.25) is 0 Å². The Hall–Kier alpha value is -1.61. The quantitative estimate of drug-likeness (QED) is 0.551. The zero-order valence-corrected chi connectivity index (χ0v) is 13.9. The largest absolute Gasteiger partial charge is 0.349 e. The van der Waals surface area contributed by atoms with Crippen molar-refractivity contribution in [1.29, 1.82) is 0 Å². The zero-order chi connectivity index (χ0) is 15.9. The first-order valence-electron chi connectivity index (χ1n) is 6.74. The molecule has 1 heterocycles. The standard InChI is InChI=1S/C15H16FIN2O3/c16-12-2-1-3-13(17)14(12)15(20)19-11(4-6-18)8-10-5-7-21-22-9-10/h1-3,5,7,9,11H,4,6,8,18H2,(H,19,20). The first-order valence-corrected chi connectivity index (χ1v) is 7.82. The summed E-state index contributed by atoms with van der Waals surface area (Å²) in [5, 5.41) is 2.83. The fourth-order valence-electron chi connectivity index (χ4n) is 2.08. The molecule has 1 aliphatic heterocycles. The Bertz CT molecular complexity index is 584. The minimum Gasteiger partial charge on any atom is -0.349 e. The van der Waals surface area contributed by atoms with E-state index in [1.54, 1.807) is 18.2 Å². The van der Waals surface area contributed by atoms with Crippen LogP contribution >= 0.6 is 22.6 Å². The molecule has 1 aromatic carbocycles. The van der Waals surface area contributed by atoms with E-state index in [0.29, 0.717) is 23.0 Å². The Morgan fingerprint density at radius 1 is 1.41 bits per heavy atom. The Labute approximate surface area is 141 Å². The summed E-state index contributed by atoms with van der Waals surface area (Å²) in [6, 6.07) is 4.31. The maximum absolute atomic E-state index is 13.8. The molecule has 3 N–H and O–H groups in total. The number of allylic oxidation sites excluding steroid dienone is 1. The van der Waals surface area contributed by atoms with E-state index >= 15 is 0 Å². The van der Waals surface area contributed by atoms with Gasteiger partial charge in [-0.05, 0) is 65.8 Å². The smallest absolute Gasteiger partial charge is 0.255 e. The molecule has 0 saturated carbocycles. The summed E-state index contributed by atoms with van der Waals surface area (Å²) in [5.74, 6) is -0.983. The van der Waals surface area contributed by atoms with Gasteiger partial charge in [0.15, 0.2) is 0 Å². The van der Waals surface area contributed by atoms with Crippen molar-refractivity contribution in [1.82, 2.24) is 5.32 Å². The number of halogens is 2. The van der Waals surface area contributed by atoms with Crippen molar-refractivity contribution in [2.45, 2.75) is 18.9 Å². The zero-order valence-electron chi connectivity index (χ0n) is 11.7. The first-order chi connectivity index (χ1) is 10.6. The number of benzene rings is 1. The van der Waals surface area contributed by atoms with E-state index in [2.05, 4.69) is 10.2 Å².